The monoisotopic (exact) mass is 677 g/mol. The third kappa shape index (κ3) is 5.85. The number of nitrogens with zero attached hydrogens (tertiary/aromatic N) is 1. The van der Waals surface area contributed by atoms with Crippen LogP contribution in [0.1, 0.15) is 41.7 Å². The molecule has 0 radical (unpaired) electrons. The largest absolute Gasteiger partial charge is 0.459 e. The van der Waals surface area contributed by atoms with Crippen molar-refractivity contribution in [2.75, 3.05) is 0 Å². The van der Waals surface area contributed by atoms with Crippen molar-refractivity contribution in [3.63, 3.8) is 0 Å². The van der Waals surface area contributed by atoms with E-state index in [4.69, 9.17) is 9.73 Å². The molecule has 6 rings (SSSR count). The minimum atomic E-state index is -4.65. The molecule has 0 fully saturated rings. The lowest BCUT2D eigenvalue weighted by Gasteiger charge is -2.36. The predicted molar refractivity (Wildman–Crippen MR) is 176 cm³/mol. The molecule has 0 unspecified atom stereocenters. The van der Waals surface area contributed by atoms with Crippen LogP contribution in [0.2, 0.25) is 0 Å². The lowest BCUT2D eigenvalue weighted by molar-refractivity contribution is -0.138. The van der Waals surface area contributed by atoms with E-state index in [1.807, 2.05) is 74.5 Å². The minimum Gasteiger partial charge on any atom is -0.459 e. The van der Waals surface area contributed by atoms with E-state index >= 15 is 4.57 Å². The second-order valence-electron chi connectivity index (χ2n) is 11.9. The van der Waals surface area contributed by atoms with Gasteiger partial charge in [-0.1, -0.05) is 117 Å². The second-order valence-corrected chi connectivity index (χ2v) is 14.6. The summed E-state index contributed by atoms with van der Waals surface area (Å²) in [5.41, 5.74) is -1.000. The molecule has 246 valence electrons. The van der Waals surface area contributed by atoms with Crippen molar-refractivity contribution in [3.8, 4) is 0 Å². The highest BCUT2D eigenvalue weighted by Gasteiger charge is 2.52. The number of halogens is 6. The molecule has 3 nitrogen and oxygen atoms in total. The molecule has 0 aliphatic carbocycles. The zero-order valence-electron chi connectivity index (χ0n) is 25.8. The van der Waals surface area contributed by atoms with Crippen molar-refractivity contribution in [1.82, 2.24) is 0 Å². The molecule has 5 aromatic carbocycles. The number of alkyl halides is 6. The molecule has 0 saturated heterocycles. The van der Waals surface area contributed by atoms with E-state index in [9.17, 15) is 26.3 Å². The SMILES string of the molecule is CC(C)[C@@H]1N=C(c2ccccc2P(=O)(c2ccc(C(F)(F)F)cc2)c2ccc(C(F)(F)F)cc2)OC1(c1ccccc1)c1ccccc1. The highest BCUT2D eigenvalue weighted by atomic mass is 31.2. The summed E-state index contributed by atoms with van der Waals surface area (Å²) in [6.45, 7) is 4.03. The van der Waals surface area contributed by atoms with Gasteiger partial charge in [-0.25, -0.2) is 4.99 Å². The summed E-state index contributed by atoms with van der Waals surface area (Å²) >= 11 is 0. The first-order valence-electron chi connectivity index (χ1n) is 15.2. The van der Waals surface area contributed by atoms with Gasteiger partial charge in [0.15, 0.2) is 12.7 Å². The highest BCUT2D eigenvalue weighted by molar-refractivity contribution is 7.85. The quantitative estimate of drug-likeness (QED) is 0.127. The van der Waals surface area contributed by atoms with E-state index in [1.54, 1.807) is 24.3 Å². The fourth-order valence-corrected chi connectivity index (χ4v) is 9.07. The first-order valence-corrected chi connectivity index (χ1v) is 16.9. The second kappa shape index (κ2) is 12.4. The van der Waals surface area contributed by atoms with E-state index in [2.05, 4.69) is 0 Å². The molecule has 1 aliphatic heterocycles. The summed E-state index contributed by atoms with van der Waals surface area (Å²) < 4.78 is 104. The van der Waals surface area contributed by atoms with Crippen molar-refractivity contribution >= 4 is 29.0 Å². The molecule has 48 heavy (non-hydrogen) atoms. The van der Waals surface area contributed by atoms with Crippen LogP contribution in [0.15, 0.2) is 138 Å². The molecule has 1 heterocycles. The number of rotatable bonds is 7. The zero-order valence-corrected chi connectivity index (χ0v) is 26.7. The third-order valence-electron chi connectivity index (χ3n) is 8.56. The van der Waals surface area contributed by atoms with E-state index in [0.29, 0.717) is 5.56 Å². The molecule has 1 aliphatic rings. The molecule has 0 amide bonds. The molecule has 10 heteroatoms. The summed E-state index contributed by atoms with van der Waals surface area (Å²) in [5, 5.41) is 0.195. The van der Waals surface area contributed by atoms with Crippen LogP contribution in [0.25, 0.3) is 0 Å². The lowest BCUT2D eigenvalue weighted by Crippen LogP contribution is -2.42. The van der Waals surface area contributed by atoms with Gasteiger partial charge < -0.3 is 9.30 Å². The topological polar surface area (TPSA) is 38.7 Å². The third-order valence-corrected chi connectivity index (χ3v) is 11.7. The van der Waals surface area contributed by atoms with Crippen molar-refractivity contribution in [2.24, 2.45) is 10.9 Å². The molecule has 1 atom stereocenters. The van der Waals surface area contributed by atoms with Gasteiger partial charge in [0.1, 0.15) is 6.04 Å². The molecule has 0 bridgehead atoms. The number of hydrogen-bond donors (Lipinski definition) is 0. The number of benzene rings is 5. The number of hydrogen-bond acceptors (Lipinski definition) is 3. The standard InChI is InChI=1S/C38H30F6NO2P/c1-25(2)34-36(26-11-5-3-6-12-26,27-13-7-4-8-14-27)47-35(45-34)32-15-9-10-16-33(32)48(46,30-21-17-28(18-22-30)37(39,40)41)31-23-19-29(20-24-31)38(42,43)44/h3-25,34H,1-2H3/t34-/m0/s1. The summed E-state index contributed by atoms with van der Waals surface area (Å²) in [7, 11) is -4.14. The minimum absolute atomic E-state index is 0.0131. The summed E-state index contributed by atoms with van der Waals surface area (Å²) in [6.07, 6.45) is -9.30. The molecule has 0 spiro atoms. The molecule has 0 aromatic heterocycles. The molecule has 5 aromatic rings. The Kier molecular flexibility index (Phi) is 8.63. The van der Waals surface area contributed by atoms with Crippen LogP contribution < -0.4 is 15.9 Å². The highest BCUT2D eigenvalue weighted by Crippen LogP contribution is 2.49. The Morgan fingerprint density at radius 3 is 1.46 bits per heavy atom. The van der Waals surface area contributed by atoms with Gasteiger partial charge in [0.25, 0.3) is 0 Å². The molecular formula is C38H30F6NO2P. The van der Waals surface area contributed by atoms with E-state index in [-0.39, 0.29) is 27.7 Å². The molecular weight excluding hydrogens is 647 g/mol. The van der Waals surface area contributed by atoms with Gasteiger partial charge in [-0.05, 0) is 36.2 Å². The average Bonchev–Trinajstić information content (AvgIpc) is 3.50. The van der Waals surface area contributed by atoms with Crippen LogP contribution >= 0.6 is 7.14 Å². The van der Waals surface area contributed by atoms with Crippen LogP contribution in [-0.4, -0.2) is 11.9 Å². The van der Waals surface area contributed by atoms with Crippen LogP contribution in [0, 0.1) is 5.92 Å². The maximum Gasteiger partial charge on any atom is 0.416 e. The Labute approximate surface area is 274 Å². The maximum atomic E-state index is 15.6. The smallest absolute Gasteiger partial charge is 0.416 e. The van der Waals surface area contributed by atoms with E-state index < -0.39 is 42.3 Å². The number of ether oxygens (including phenoxy) is 1. The zero-order chi connectivity index (χ0) is 34.3. The number of aliphatic imine (C=N–C) groups is 1. The molecule has 0 saturated carbocycles. The Hall–Kier alpha value is -4.62. The Balaban J connectivity index is 1.57. The van der Waals surface area contributed by atoms with Gasteiger partial charge in [-0.2, -0.15) is 26.3 Å². The first kappa shape index (κ1) is 33.3. The van der Waals surface area contributed by atoms with Gasteiger partial charge in [0, 0.05) is 32.6 Å². The maximum absolute atomic E-state index is 15.6. The van der Waals surface area contributed by atoms with Crippen molar-refractivity contribution in [1.29, 1.82) is 0 Å². The van der Waals surface area contributed by atoms with Crippen molar-refractivity contribution in [2.45, 2.75) is 37.8 Å². The summed E-state index contributed by atoms with van der Waals surface area (Å²) in [6, 6.07) is 33.0. The van der Waals surface area contributed by atoms with Gasteiger partial charge in [-0.15, -0.1) is 0 Å². The van der Waals surface area contributed by atoms with Crippen molar-refractivity contribution in [3.05, 3.63) is 161 Å². The lowest BCUT2D eigenvalue weighted by atomic mass is 9.76. The van der Waals surface area contributed by atoms with Gasteiger partial charge in [0.05, 0.1) is 11.1 Å². The van der Waals surface area contributed by atoms with Crippen LogP contribution in [-0.2, 0) is 27.3 Å². The van der Waals surface area contributed by atoms with Crippen LogP contribution in [0.5, 0.6) is 0 Å². The van der Waals surface area contributed by atoms with Crippen molar-refractivity contribution < 1.29 is 35.6 Å². The van der Waals surface area contributed by atoms with Gasteiger partial charge >= 0.3 is 12.4 Å². The Morgan fingerprint density at radius 2 is 1.04 bits per heavy atom. The van der Waals surface area contributed by atoms with Crippen LogP contribution in [0.4, 0.5) is 26.3 Å². The first-order chi connectivity index (χ1) is 22.8. The fourth-order valence-electron chi connectivity index (χ4n) is 6.27. The Morgan fingerprint density at radius 1 is 0.625 bits per heavy atom. The summed E-state index contributed by atoms with van der Waals surface area (Å²) in [5.74, 6) is 0.114. The Bertz CT molecular complexity index is 1870. The van der Waals surface area contributed by atoms with Gasteiger partial charge in [0.2, 0.25) is 5.90 Å². The average molecular weight is 678 g/mol. The van der Waals surface area contributed by atoms with E-state index in [1.165, 1.54) is 0 Å². The van der Waals surface area contributed by atoms with E-state index in [0.717, 1.165) is 59.7 Å². The fraction of sp³-hybridized carbons (Fsp3) is 0.184. The summed E-state index contributed by atoms with van der Waals surface area (Å²) in [4.78, 5) is 5.09. The van der Waals surface area contributed by atoms with Gasteiger partial charge in [-0.3, -0.25) is 0 Å². The van der Waals surface area contributed by atoms with Crippen LogP contribution in [0.3, 0.4) is 0 Å². The molecule has 0 N–H and O–H groups in total. The predicted octanol–water partition coefficient (Wildman–Crippen LogP) is 9.11. The normalized spacial score (nSPS) is 16.4.